The third kappa shape index (κ3) is 2.78. The number of hydrogen-bond donors (Lipinski definition) is 1. The van der Waals surface area contributed by atoms with Gasteiger partial charge in [-0.25, -0.2) is 17.6 Å². The van der Waals surface area contributed by atoms with Crippen LogP contribution in [-0.4, -0.2) is 7.05 Å². The van der Waals surface area contributed by atoms with E-state index in [1.807, 2.05) is 0 Å². The molecule has 6 heteroatoms. The van der Waals surface area contributed by atoms with Gasteiger partial charge < -0.3 is 5.32 Å². The third-order valence-electron chi connectivity index (χ3n) is 2.90. The molecule has 0 aliphatic heterocycles. The van der Waals surface area contributed by atoms with E-state index in [2.05, 4.69) is 5.32 Å². The molecule has 0 aromatic heterocycles. The number of hydrogen-bond acceptors (Lipinski definition) is 1. The Hall–Kier alpha value is -1.59. The van der Waals surface area contributed by atoms with Gasteiger partial charge in [0.1, 0.15) is 23.3 Å². The van der Waals surface area contributed by atoms with Gasteiger partial charge in [-0.05, 0) is 24.7 Å². The molecule has 1 nitrogen and oxygen atoms in total. The Kier molecular flexibility index (Phi) is 4.30. The van der Waals surface area contributed by atoms with Crippen molar-refractivity contribution in [3.8, 4) is 0 Å². The van der Waals surface area contributed by atoms with E-state index in [0.717, 1.165) is 6.07 Å². The molecule has 0 spiro atoms. The van der Waals surface area contributed by atoms with Crippen molar-refractivity contribution in [2.45, 2.75) is 6.04 Å². The van der Waals surface area contributed by atoms with Crippen molar-refractivity contribution in [2.24, 2.45) is 0 Å². The lowest BCUT2D eigenvalue weighted by Gasteiger charge is -2.19. The van der Waals surface area contributed by atoms with Gasteiger partial charge in [0.2, 0.25) is 0 Å². The monoisotopic (exact) mass is 303 g/mol. The molecule has 1 unspecified atom stereocenters. The minimum atomic E-state index is -1.03. The fourth-order valence-electron chi connectivity index (χ4n) is 2.00. The van der Waals surface area contributed by atoms with Gasteiger partial charge in [-0.1, -0.05) is 17.7 Å². The molecule has 0 fully saturated rings. The summed E-state index contributed by atoms with van der Waals surface area (Å²) >= 11 is 5.66. The molecule has 0 amide bonds. The number of rotatable bonds is 3. The van der Waals surface area contributed by atoms with Gasteiger partial charge in [-0.3, -0.25) is 0 Å². The summed E-state index contributed by atoms with van der Waals surface area (Å²) in [4.78, 5) is 0. The summed E-state index contributed by atoms with van der Waals surface area (Å²) in [6.45, 7) is 0. The van der Waals surface area contributed by atoms with Gasteiger partial charge >= 0.3 is 0 Å². The predicted octanol–water partition coefficient (Wildman–Crippen LogP) is 4.21. The van der Waals surface area contributed by atoms with Gasteiger partial charge in [0.05, 0.1) is 11.1 Å². The molecule has 0 saturated carbocycles. The normalized spacial score (nSPS) is 12.5. The van der Waals surface area contributed by atoms with E-state index < -0.39 is 29.3 Å². The minimum Gasteiger partial charge on any atom is -0.309 e. The van der Waals surface area contributed by atoms with Crippen molar-refractivity contribution < 1.29 is 17.6 Å². The molecule has 0 radical (unpaired) electrons. The van der Waals surface area contributed by atoms with Crippen LogP contribution in [0.5, 0.6) is 0 Å². The molecule has 1 N–H and O–H groups in total. The van der Waals surface area contributed by atoms with Gasteiger partial charge in [0, 0.05) is 17.7 Å². The summed E-state index contributed by atoms with van der Waals surface area (Å²) in [7, 11) is 1.48. The molecule has 0 aliphatic carbocycles. The maximum absolute atomic E-state index is 13.8. The van der Waals surface area contributed by atoms with Crippen molar-refractivity contribution in [3.63, 3.8) is 0 Å². The van der Waals surface area contributed by atoms with Crippen LogP contribution >= 0.6 is 11.6 Å². The van der Waals surface area contributed by atoms with Gasteiger partial charge in [0.25, 0.3) is 0 Å². The van der Waals surface area contributed by atoms with Crippen molar-refractivity contribution >= 4 is 11.6 Å². The molecule has 20 heavy (non-hydrogen) atoms. The lowest BCUT2D eigenvalue weighted by atomic mass is 9.97. The van der Waals surface area contributed by atoms with Crippen LogP contribution in [-0.2, 0) is 0 Å². The van der Waals surface area contributed by atoms with Crippen LogP contribution in [0, 0.1) is 23.3 Å². The van der Waals surface area contributed by atoms with Crippen LogP contribution in [0.3, 0.4) is 0 Å². The molecule has 2 aromatic rings. The second kappa shape index (κ2) is 5.81. The van der Waals surface area contributed by atoms with Crippen LogP contribution < -0.4 is 5.32 Å². The predicted molar refractivity (Wildman–Crippen MR) is 68.6 cm³/mol. The van der Waals surface area contributed by atoms with Crippen LogP contribution in [0.25, 0.3) is 0 Å². The Bertz CT molecular complexity index is 622. The quantitative estimate of drug-likeness (QED) is 0.838. The lowest BCUT2D eigenvalue weighted by Crippen LogP contribution is -2.20. The van der Waals surface area contributed by atoms with Crippen molar-refractivity contribution in [2.75, 3.05) is 7.05 Å². The zero-order chi connectivity index (χ0) is 14.9. The first-order valence-corrected chi connectivity index (χ1v) is 6.08. The molecule has 2 rings (SSSR count). The van der Waals surface area contributed by atoms with E-state index in [-0.39, 0.29) is 10.6 Å². The van der Waals surface area contributed by atoms with E-state index in [1.165, 1.54) is 19.2 Å². The van der Waals surface area contributed by atoms with Crippen molar-refractivity contribution in [1.82, 2.24) is 5.32 Å². The SMILES string of the molecule is CNC(c1ccc(F)c(Cl)c1)c1c(F)cc(F)cc1F. The summed E-state index contributed by atoms with van der Waals surface area (Å²) in [5, 5.41) is 2.54. The summed E-state index contributed by atoms with van der Waals surface area (Å²) in [5.74, 6) is -3.69. The molecule has 0 aliphatic rings. The molecule has 2 aromatic carbocycles. The zero-order valence-electron chi connectivity index (χ0n) is 10.4. The number of benzene rings is 2. The summed E-state index contributed by atoms with van der Waals surface area (Å²) in [6, 6.07) is 3.99. The maximum atomic E-state index is 13.8. The summed E-state index contributed by atoms with van der Waals surface area (Å²) in [5.41, 5.74) is 0.0138. The Morgan fingerprint density at radius 3 is 2.05 bits per heavy atom. The maximum Gasteiger partial charge on any atom is 0.141 e. The Balaban J connectivity index is 2.55. The highest BCUT2D eigenvalue weighted by molar-refractivity contribution is 6.30. The number of nitrogens with one attached hydrogen (secondary N) is 1. The molecule has 0 saturated heterocycles. The Morgan fingerprint density at radius 2 is 1.55 bits per heavy atom. The molecule has 106 valence electrons. The fraction of sp³-hybridized carbons (Fsp3) is 0.143. The standard InChI is InChI=1S/C14H10ClF4N/c1-20-14(7-2-3-10(17)9(15)4-7)13-11(18)5-8(16)6-12(13)19/h2-6,14,20H,1H3. The second-order valence-corrected chi connectivity index (χ2v) is 4.59. The van der Waals surface area contributed by atoms with Gasteiger partial charge in [-0.2, -0.15) is 0 Å². The van der Waals surface area contributed by atoms with E-state index in [9.17, 15) is 17.6 Å². The highest BCUT2D eigenvalue weighted by atomic mass is 35.5. The van der Waals surface area contributed by atoms with Crippen LogP contribution in [0.2, 0.25) is 5.02 Å². The van der Waals surface area contributed by atoms with E-state index in [0.29, 0.717) is 17.7 Å². The summed E-state index contributed by atoms with van der Waals surface area (Å²) < 4.78 is 53.6. The molecule has 0 bridgehead atoms. The van der Waals surface area contributed by atoms with Crippen molar-refractivity contribution in [1.29, 1.82) is 0 Å². The third-order valence-corrected chi connectivity index (χ3v) is 3.19. The smallest absolute Gasteiger partial charge is 0.141 e. The number of halogens is 5. The van der Waals surface area contributed by atoms with Gasteiger partial charge in [0.15, 0.2) is 0 Å². The minimum absolute atomic E-state index is 0.161. The Labute approximate surface area is 118 Å². The molecule has 1 atom stereocenters. The highest BCUT2D eigenvalue weighted by Crippen LogP contribution is 2.29. The molecule has 0 heterocycles. The zero-order valence-corrected chi connectivity index (χ0v) is 11.1. The molecular formula is C14H10ClF4N. The first-order valence-electron chi connectivity index (χ1n) is 5.70. The van der Waals surface area contributed by atoms with Crippen molar-refractivity contribution in [3.05, 3.63) is 69.8 Å². The van der Waals surface area contributed by atoms with E-state index in [1.54, 1.807) is 0 Å². The lowest BCUT2D eigenvalue weighted by molar-refractivity contribution is 0.500. The van der Waals surface area contributed by atoms with E-state index >= 15 is 0 Å². The largest absolute Gasteiger partial charge is 0.309 e. The second-order valence-electron chi connectivity index (χ2n) is 4.18. The van der Waals surface area contributed by atoms with E-state index in [4.69, 9.17) is 11.6 Å². The average molecular weight is 304 g/mol. The van der Waals surface area contributed by atoms with Crippen LogP contribution in [0.15, 0.2) is 30.3 Å². The average Bonchev–Trinajstić information content (AvgIpc) is 2.37. The fourth-order valence-corrected chi connectivity index (χ4v) is 2.19. The van der Waals surface area contributed by atoms with Crippen LogP contribution in [0.1, 0.15) is 17.2 Å². The van der Waals surface area contributed by atoms with Gasteiger partial charge in [-0.15, -0.1) is 0 Å². The summed E-state index contributed by atoms with van der Waals surface area (Å²) in [6.07, 6.45) is 0. The Morgan fingerprint density at radius 1 is 0.950 bits per heavy atom. The molecular weight excluding hydrogens is 294 g/mol. The topological polar surface area (TPSA) is 12.0 Å². The first kappa shape index (κ1) is 14.8. The van der Waals surface area contributed by atoms with Crippen LogP contribution in [0.4, 0.5) is 17.6 Å². The first-order chi connectivity index (χ1) is 9.43. The highest BCUT2D eigenvalue weighted by Gasteiger charge is 2.22.